The third kappa shape index (κ3) is 5.63. The number of sulfonamides is 1. The minimum absolute atomic E-state index is 0.0487. The molecule has 0 aromatic heterocycles. The summed E-state index contributed by atoms with van der Waals surface area (Å²) in [5.74, 6) is -0.455. The van der Waals surface area contributed by atoms with Crippen molar-refractivity contribution in [3.05, 3.63) is 66.0 Å². The van der Waals surface area contributed by atoms with Crippen molar-refractivity contribution in [2.75, 3.05) is 19.6 Å². The van der Waals surface area contributed by atoms with Crippen LogP contribution < -0.4 is 4.72 Å². The Morgan fingerprint density at radius 1 is 1.00 bits per heavy atom. The highest BCUT2D eigenvalue weighted by Crippen LogP contribution is 2.12. The highest BCUT2D eigenvalue weighted by atomic mass is 32.2. The van der Waals surface area contributed by atoms with Crippen LogP contribution in [0.2, 0.25) is 0 Å². The summed E-state index contributed by atoms with van der Waals surface area (Å²) >= 11 is 0. The Labute approximate surface area is 149 Å². The number of nitrogens with zero attached hydrogens (tertiary/aromatic N) is 1. The van der Waals surface area contributed by atoms with E-state index in [1.54, 1.807) is 0 Å². The first-order valence-corrected chi connectivity index (χ1v) is 9.97. The monoisotopic (exact) mass is 364 g/mol. The molecule has 4 nitrogen and oxygen atoms in total. The van der Waals surface area contributed by atoms with Crippen molar-refractivity contribution in [3.63, 3.8) is 0 Å². The van der Waals surface area contributed by atoms with E-state index in [9.17, 15) is 12.8 Å². The number of halogens is 1. The van der Waals surface area contributed by atoms with Gasteiger partial charge in [0.1, 0.15) is 5.82 Å². The number of rotatable bonds is 9. The minimum atomic E-state index is -3.66. The summed E-state index contributed by atoms with van der Waals surface area (Å²) in [5.41, 5.74) is 1.17. The predicted octanol–water partition coefficient (Wildman–Crippen LogP) is 3.06. The lowest BCUT2D eigenvalue weighted by atomic mass is 10.0. The first kappa shape index (κ1) is 19.6. The Morgan fingerprint density at radius 3 is 2.16 bits per heavy atom. The van der Waals surface area contributed by atoms with E-state index in [1.807, 2.05) is 30.3 Å². The molecular formula is C19H25FN2O2S. The average Bonchev–Trinajstić information content (AvgIpc) is 2.62. The van der Waals surface area contributed by atoms with Crippen molar-refractivity contribution in [1.82, 2.24) is 9.62 Å². The lowest BCUT2D eigenvalue weighted by Gasteiger charge is -2.30. The molecule has 0 amide bonds. The largest absolute Gasteiger partial charge is 0.299 e. The van der Waals surface area contributed by atoms with E-state index in [0.29, 0.717) is 6.54 Å². The Balaban J connectivity index is 2.11. The van der Waals surface area contributed by atoms with Gasteiger partial charge in [-0.25, -0.2) is 17.5 Å². The topological polar surface area (TPSA) is 49.4 Å². The van der Waals surface area contributed by atoms with Gasteiger partial charge in [-0.3, -0.25) is 4.90 Å². The molecule has 0 fully saturated rings. The van der Waals surface area contributed by atoms with Crippen molar-refractivity contribution in [1.29, 1.82) is 0 Å². The van der Waals surface area contributed by atoms with Gasteiger partial charge in [-0.2, -0.15) is 0 Å². The summed E-state index contributed by atoms with van der Waals surface area (Å²) in [5, 5.41) is 0. The number of hydrogen-bond acceptors (Lipinski definition) is 3. The van der Waals surface area contributed by atoms with Gasteiger partial charge in [-0.1, -0.05) is 44.2 Å². The molecule has 2 rings (SSSR count). The molecule has 0 unspecified atom stereocenters. The molecule has 1 atom stereocenters. The van der Waals surface area contributed by atoms with Crippen molar-refractivity contribution < 1.29 is 12.8 Å². The molecule has 0 aliphatic rings. The first-order chi connectivity index (χ1) is 12.0. The standard InChI is InChI=1S/C19H25FN2O2S/c1-3-22(4-2)18(14-16-8-6-5-7-9-16)15-21-25(23,24)19-12-10-17(20)11-13-19/h5-13,18,21H,3-4,14-15H2,1-2H3/t18-/m0/s1. The van der Waals surface area contributed by atoms with Crippen LogP contribution >= 0.6 is 0 Å². The zero-order valence-electron chi connectivity index (χ0n) is 14.7. The zero-order chi connectivity index (χ0) is 18.3. The molecule has 25 heavy (non-hydrogen) atoms. The molecule has 0 spiro atoms. The molecule has 0 radical (unpaired) electrons. The highest BCUT2D eigenvalue weighted by Gasteiger charge is 2.21. The van der Waals surface area contributed by atoms with E-state index in [2.05, 4.69) is 23.5 Å². The molecule has 0 aliphatic heterocycles. The quantitative estimate of drug-likeness (QED) is 0.744. The van der Waals surface area contributed by atoms with Crippen LogP contribution in [0.15, 0.2) is 59.5 Å². The predicted molar refractivity (Wildman–Crippen MR) is 98.4 cm³/mol. The maximum absolute atomic E-state index is 13.0. The van der Waals surface area contributed by atoms with E-state index >= 15 is 0 Å². The van der Waals surface area contributed by atoms with Crippen molar-refractivity contribution in [2.24, 2.45) is 0 Å². The molecule has 0 saturated heterocycles. The van der Waals surface area contributed by atoms with Gasteiger partial charge in [-0.15, -0.1) is 0 Å². The van der Waals surface area contributed by atoms with Crippen LogP contribution in [0.3, 0.4) is 0 Å². The van der Waals surface area contributed by atoms with E-state index in [-0.39, 0.29) is 10.9 Å². The molecule has 0 aliphatic carbocycles. The van der Waals surface area contributed by atoms with Crippen LogP contribution in [-0.4, -0.2) is 39.0 Å². The molecule has 136 valence electrons. The number of benzene rings is 2. The normalized spacial score (nSPS) is 13.1. The Morgan fingerprint density at radius 2 is 1.60 bits per heavy atom. The van der Waals surface area contributed by atoms with Gasteiger partial charge in [-0.05, 0) is 49.3 Å². The molecule has 1 N–H and O–H groups in total. The van der Waals surface area contributed by atoms with Crippen LogP contribution in [0.4, 0.5) is 4.39 Å². The smallest absolute Gasteiger partial charge is 0.240 e. The Bertz CT molecular complexity index is 745. The molecule has 0 saturated carbocycles. The van der Waals surface area contributed by atoms with Crippen LogP contribution in [0, 0.1) is 5.82 Å². The van der Waals surface area contributed by atoms with E-state index in [1.165, 1.54) is 17.7 Å². The van der Waals surface area contributed by atoms with Crippen LogP contribution in [-0.2, 0) is 16.4 Å². The summed E-state index contributed by atoms with van der Waals surface area (Å²) in [4.78, 5) is 2.31. The third-order valence-corrected chi connectivity index (χ3v) is 5.72. The van der Waals surface area contributed by atoms with Gasteiger partial charge < -0.3 is 0 Å². The summed E-state index contributed by atoms with van der Waals surface area (Å²) in [6, 6.07) is 14.9. The van der Waals surface area contributed by atoms with Gasteiger partial charge in [0.15, 0.2) is 0 Å². The van der Waals surface area contributed by atoms with Gasteiger partial charge >= 0.3 is 0 Å². The van der Waals surface area contributed by atoms with Gasteiger partial charge in [0.05, 0.1) is 4.90 Å². The molecular weight excluding hydrogens is 339 g/mol. The summed E-state index contributed by atoms with van der Waals surface area (Å²) < 4.78 is 40.6. The fourth-order valence-corrected chi connectivity index (χ4v) is 3.93. The van der Waals surface area contributed by atoms with Gasteiger partial charge in [0.2, 0.25) is 10.0 Å². The second kappa shape index (κ2) is 9.08. The first-order valence-electron chi connectivity index (χ1n) is 8.49. The number of hydrogen-bond donors (Lipinski definition) is 1. The molecule has 2 aromatic carbocycles. The molecule has 6 heteroatoms. The average molecular weight is 364 g/mol. The molecule has 0 bridgehead atoms. The van der Waals surface area contributed by atoms with Crippen LogP contribution in [0.1, 0.15) is 19.4 Å². The summed E-state index contributed by atoms with van der Waals surface area (Å²) in [6.07, 6.45) is 0.758. The summed E-state index contributed by atoms with van der Waals surface area (Å²) in [7, 11) is -3.66. The fourth-order valence-electron chi connectivity index (χ4n) is 2.86. The number of likely N-dealkylation sites (N-methyl/N-ethyl adjacent to an activating group) is 1. The SMILES string of the molecule is CCN(CC)[C@H](CNS(=O)(=O)c1ccc(F)cc1)Cc1ccccc1. The lowest BCUT2D eigenvalue weighted by molar-refractivity contribution is 0.216. The van der Waals surface area contributed by atoms with Gasteiger partial charge in [0, 0.05) is 12.6 Å². The van der Waals surface area contributed by atoms with Crippen LogP contribution in [0.25, 0.3) is 0 Å². The van der Waals surface area contributed by atoms with Crippen LogP contribution in [0.5, 0.6) is 0 Å². The van der Waals surface area contributed by atoms with Gasteiger partial charge in [0.25, 0.3) is 0 Å². The van der Waals surface area contributed by atoms with E-state index in [0.717, 1.165) is 31.6 Å². The lowest BCUT2D eigenvalue weighted by Crippen LogP contribution is -2.45. The second-order valence-electron chi connectivity index (χ2n) is 5.87. The maximum Gasteiger partial charge on any atom is 0.240 e. The molecule has 2 aromatic rings. The summed E-state index contributed by atoms with van der Waals surface area (Å²) in [6.45, 7) is 6.11. The fraction of sp³-hybridized carbons (Fsp3) is 0.368. The van der Waals surface area contributed by atoms with Crippen molar-refractivity contribution >= 4 is 10.0 Å². The van der Waals surface area contributed by atoms with E-state index < -0.39 is 15.8 Å². The Kier molecular flexibility index (Phi) is 7.11. The Hall–Kier alpha value is -1.76. The maximum atomic E-state index is 13.0. The molecule has 0 heterocycles. The number of nitrogens with one attached hydrogen (secondary N) is 1. The van der Waals surface area contributed by atoms with E-state index in [4.69, 9.17) is 0 Å². The second-order valence-corrected chi connectivity index (χ2v) is 7.64. The third-order valence-electron chi connectivity index (χ3n) is 4.28. The zero-order valence-corrected chi connectivity index (χ0v) is 15.5. The highest BCUT2D eigenvalue weighted by molar-refractivity contribution is 7.89. The van der Waals surface area contributed by atoms with Crippen molar-refractivity contribution in [2.45, 2.75) is 31.2 Å². The van der Waals surface area contributed by atoms with Crippen molar-refractivity contribution in [3.8, 4) is 0 Å². The minimum Gasteiger partial charge on any atom is -0.299 e.